The van der Waals surface area contributed by atoms with Crippen LogP contribution in [0.5, 0.6) is 0 Å². The van der Waals surface area contributed by atoms with Crippen molar-refractivity contribution in [1.82, 2.24) is 9.97 Å². The molecule has 5 nitrogen and oxygen atoms in total. The third-order valence-corrected chi connectivity index (χ3v) is 4.77. The molecule has 5 heteroatoms. The summed E-state index contributed by atoms with van der Waals surface area (Å²) in [5.74, 6) is 1.32. The zero-order chi connectivity index (χ0) is 17.8. The van der Waals surface area contributed by atoms with Gasteiger partial charge in [0.15, 0.2) is 5.78 Å². The van der Waals surface area contributed by atoms with E-state index < -0.39 is 0 Å². The van der Waals surface area contributed by atoms with E-state index in [-0.39, 0.29) is 5.78 Å². The Balaban J connectivity index is 1.60. The maximum atomic E-state index is 11.4. The number of nitrogens with zero attached hydrogens (tertiary/aromatic N) is 3. The van der Waals surface area contributed by atoms with E-state index in [0.717, 1.165) is 19.0 Å². The van der Waals surface area contributed by atoms with Gasteiger partial charge in [-0.2, -0.15) is 0 Å². The Hall–Kier alpha value is -2.43. The zero-order valence-corrected chi connectivity index (χ0v) is 15.2. The molecule has 2 aromatic rings. The van der Waals surface area contributed by atoms with Crippen LogP contribution < -0.4 is 10.2 Å². The van der Waals surface area contributed by atoms with Crippen molar-refractivity contribution in [2.24, 2.45) is 5.92 Å². The lowest BCUT2D eigenvalue weighted by Gasteiger charge is -2.32. The van der Waals surface area contributed by atoms with Gasteiger partial charge < -0.3 is 10.2 Å². The fourth-order valence-corrected chi connectivity index (χ4v) is 3.33. The molecule has 1 aromatic heterocycles. The number of aryl methyl sites for hydroxylation is 1. The first-order valence-electron chi connectivity index (χ1n) is 8.95. The van der Waals surface area contributed by atoms with Crippen molar-refractivity contribution in [3.8, 4) is 0 Å². The van der Waals surface area contributed by atoms with Gasteiger partial charge in [-0.3, -0.25) is 4.79 Å². The number of anilines is 2. The van der Waals surface area contributed by atoms with Gasteiger partial charge in [0.1, 0.15) is 0 Å². The molecule has 1 aliphatic heterocycles. The molecule has 0 amide bonds. The van der Waals surface area contributed by atoms with Crippen LogP contribution in [0.4, 0.5) is 11.6 Å². The summed E-state index contributed by atoms with van der Waals surface area (Å²) in [4.78, 5) is 22.5. The van der Waals surface area contributed by atoms with Crippen LogP contribution in [0.15, 0.2) is 30.5 Å². The normalized spacial score (nSPS) is 17.4. The average Bonchev–Trinajstić information content (AvgIpc) is 2.60. The third kappa shape index (κ3) is 4.35. The molecule has 1 saturated heterocycles. The highest BCUT2D eigenvalue weighted by Crippen LogP contribution is 2.23. The Morgan fingerprint density at radius 3 is 2.72 bits per heavy atom. The van der Waals surface area contributed by atoms with E-state index in [2.05, 4.69) is 51.4 Å². The standard InChI is InChI=1S/C20H26N4O/c1-14-5-4-10-24(13-14)18-8-6-17(7-9-18)11-21-20-22-12-19(16(3)25)15(2)23-20/h6-9,12,14H,4-5,10-11,13H2,1-3H3,(H,21,22,23)/t14-/m0/s1. The minimum atomic E-state index is -0.00771. The maximum Gasteiger partial charge on any atom is 0.223 e. The third-order valence-electron chi connectivity index (χ3n) is 4.77. The molecule has 0 saturated carbocycles. The fraction of sp³-hybridized carbons (Fsp3) is 0.450. The minimum Gasteiger partial charge on any atom is -0.371 e. The van der Waals surface area contributed by atoms with Crippen LogP contribution in [0.3, 0.4) is 0 Å². The lowest BCUT2D eigenvalue weighted by atomic mass is 9.99. The topological polar surface area (TPSA) is 58.1 Å². The number of aromatic nitrogens is 2. The van der Waals surface area contributed by atoms with Crippen LogP contribution in [0.1, 0.15) is 48.3 Å². The summed E-state index contributed by atoms with van der Waals surface area (Å²) in [6, 6.07) is 8.69. The molecular formula is C20H26N4O. The highest BCUT2D eigenvalue weighted by Gasteiger charge is 2.16. The Morgan fingerprint density at radius 1 is 1.32 bits per heavy atom. The van der Waals surface area contributed by atoms with Crippen LogP contribution in [-0.2, 0) is 6.54 Å². The number of hydrogen-bond donors (Lipinski definition) is 1. The molecule has 0 aliphatic carbocycles. The number of carbonyl (C=O) groups is 1. The molecule has 0 unspecified atom stereocenters. The van der Waals surface area contributed by atoms with Crippen LogP contribution in [0.2, 0.25) is 0 Å². The van der Waals surface area contributed by atoms with E-state index in [9.17, 15) is 4.79 Å². The summed E-state index contributed by atoms with van der Waals surface area (Å²) in [6.45, 7) is 8.64. The summed E-state index contributed by atoms with van der Waals surface area (Å²) < 4.78 is 0. The molecule has 2 heterocycles. The van der Waals surface area contributed by atoms with Gasteiger partial charge >= 0.3 is 0 Å². The Morgan fingerprint density at radius 2 is 2.08 bits per heavy atom. The first-order chi connectivity index (χ1) is 12.0. The molecule has 0 spiro atoms. The fourth-order valence-electron chi connectivity index (χ4n) is 3.33. The summed E-state index contributed by atoms with van der Waals surface area (Å²) in [7, 11) is 0. The van der Waals surface area contributed by atoms with Crippen LogP contribution in [0, 0.1) is 12.8 Å². The van der Waals surface area contributed by atoms with Crippen molar-refractivity contribution in [2.45, 2.75) is 40.2 Å². The largest absolute Gasteiger partial charge is 0.371 e. The Labute approximate surface area is 149 Å². The summed E-state index contributed by atoms with van der Waals surface area (Å²) in [6.07, 6.45) is 4.20. The molecule has 1 atom stereocenters. The lowest BCUT2D eigenvalue weighted by Crippen LogP contribution is -2.34. The quantitative estimate of drug-likeness (QED) is 0.840. The first-order valence-corrected chi connectivity index (χ1v) is 8.95. The number of hydrogen-bond acceptors (Lipinski definition) is 5. The molecule has 1 aromatic carbocycles. The number of piperidine rings is 1. The molecule has 0 bridgehead atoms. The van der Waals surface area contributed by atoms with E-state index >= 15 is 0 Å². The van der Waals surface area contributed by atoms with E-state index in [1.807, 2.05) is 6.92 Å². The molecule has 1 N–H and O–H groups in total. The second-order valence-electron chi connectivity index (χ2n) is 6.96. The van der Waals surface area contributed by atoms with Crippen LogP contribution in [0.25, 0.3) is 0 Å². The van der Waals surface area contributed by atoms with Crippen molar-refractivity contribution in [3.63, 3.8) is 0 Å². The lowest BCUT2D eigenvalue weighted by molar-refractivity contribution is 0.101. The number of Topliss-reactive ketones (excluding diaryl/α,β-unsaturated/α-hetero) is 1. The highest BCUT2D eigenvalue weighted by molar-refractivity contribution is 5.94. The smallest absolute Gasteiger partial charge is 0.223 e. The van der Waals surface area contributed by atoms with Gasteiger partial charge in [-0.25, -0.2) is 9.97 Å². The maximum absolute atomic E-state index is 11.4. The van der Waals surface area contributed by atoms with E-state index in [0.29, 0.717) is 23.8 Å². The van der Waals surface area contributed by atoms with Crippen LogP contribution in [-0.4, -0.2) is 28.8 Å². The predicted molar refractivity (Wildman–Crippen MR) is 101 cm³/mol. The summed E-state index contributed by atoms with van der Waals surface area (Å²) in [5, 5.41) is 3.23. The van der Waals surface area contributed by atoms with Crippen molar-refractivity contribution in [1.29, 1.82) is 0 Å². The molecule has 0 radical (unpaired) electrons. The number of nitrogens with one attached hydrogen (secondary N) is 1. The van der Waals surface area contributed by atoms with Gasteiger partial charge in [-0.1, -0.05) is 19.1 Å². The number of benzene rings is 1. The second kappa shape index (κ2) is 7.64. The molecule has 25 heavy (non-hydrogen) atoms. The van der Waals surface area contributed by atoms with Gasteiger partial charge in [-0.15, -0.1) is 0 Å². The first kappa shape index (κ1) is 17.4. The molecule has 1 aliphatic rings. The van der Waals surface area contributed by atoms with E-state index in [4.69, 9.17) is 0 Å². The monoisotopic (exact) mass is 338 g/mol. The predicted octanol–water partition coefficient (Wildman–Crippen LogP) is 3.84. The summed E-state index contributed by atoms with van der Waals surface area (Å²) in [5.41, 5.74) is 3.77. The second-order valence-corrected chi connectivity index (χ2v) is 6.96. The average molecular weight is 338 g/mol. The molecule has 1 fully saturated rings. The van der Waals surface area contributed by atoms with Crippen molar-refractivity contribution >= 4 is 17.4 Å². The van der Waals surface area contributed by atoms with E-state index in [1.165, 1.54) is 31.0 Å². The van der Waals surface area contributed by atoms with Crippen molar-refractivity contribution in [2.75, 3.05) is 23.3 Å². The summed E-state index contributed by atoms with van der Waals surface area (Å²) >= 11 is 0. The number of ketones is 1. The Kier molecular flexibility index (Phi) is 5.31. The van der Waals surface area contributed by atoms with Gasteiger partial charge in [0, 0.05) is 31.5 Å². The van der Waals surface area contributed by atoms with Gasteiger partial charge in [0.05, 0.1) is 11.3 Å². The van der Waals surface area contributed by atoms with Crippen LogP contribution >= 0.6 is 0 Å². The minimum absolute atomic E-state index is 0.00771. The van der Waals surface area contributed by atoms with Gasteiger partial charge in [0.25, 0.3) is 0 Å². The van der Waals surface area contributed by atoms with Gasteiger partial charge in [0.2, 0.25) is 5.95 Å². The highest BCUT2D eigenvalue weighted by atomic mass is 16.1. The van der Waals surface area contributed by atoms with E-state index in [1.54, 1.807) is 6.20 Å². The number of rotatable bonds is 5. The molecule has 132 valence electrons. The van der Waals surface area contributed by atoms with Crippen molar-refractivity contribution < 1.29 is 4.79 Å². The Bertz CT molecular complexity index is 742. The van der Waals surface area contributed by atoms with Gasteiger partial charge in [-0.05, 0) is 50.3 Å². The van der Waals surface area contributed by atoms with Crippen molar-refractivity contribution in [3.05, 3.63) is 47.3 Å². The number of carbonyl (C=O) groups excluding carboxylic acids is 1. The molecular weight excluding hydrogens is 312 g/mol. The molecule has 3 rings (SSSR count). The SMILES string of the molecule is CC(=O)c1cnc(NCc2ccc(N3CCC[C@H](C)C3)cc2)nc1C. The zero-order valence-electron chi connectivity index (χ0n) is 15.2.